The van der Waals surface area contributed by atoms with Gasteiger partial charge in [0.2, 0.25) is 0 Å². The Morgan fingerprint density at radius 3 is 2.88 bits per heavy atom. The number of rotatable bonds is 3. The molecule has 0 saturated heterocycles. The zero-order valence-electron chi connectivity index (χ0n) is 12.8. The molecule has 0 radical (unpaired) electrons. The largest absolute Gasteiger partial charge is 0.496 e. The summed E-state index contributed by atoms with van der Waals surface area (Å²) in [4.78, 5) is 16.8. The summed E-state index contributed by atoms with van der Waals surface area (Å²) < 4.78 is 6.89. The van der Waals surface area contributed by atoms with Gasteiger partial charge < -0.3 is 10.1 Å². The second-order valence-electron chi connectivity index (χ2n) is 4.86. The lowest BCUT2D eigenvalue weighted by molar-refractivity contribution is 0.0974. The van der Waals surface area contributed by atoms with Crippen LogP contribution >= 0.6 is 51.1 Å². The highest BCUT2D eigenvalue weighted by molar-refractivity contribution is 9.10. The molecule has 0 bridgehead atoms. The van der Waals surface area contributed by atoms with Crippen LogP contribution < -0.4 is 15.4 Å². The number of anilines is 1. The second-order valence-corrected chi connectivity index (χ2v) is 7.62. The van der Waals surface area contributed by atoms with Crippen LogP contribution in [0.15, 0.2) is 40.9 Å². The number of nitrogens with zero attached hydrogens (tertiary/aromatic N) is 1. The van der Waals surface area contributed by atoms with Gasteiger partial charge in [-0.05, 0) is 42.5 Å². The van der Waals surface area contributed by atoms with Crippen molar-refractivity contribution < 1.29 is 9.53 Å². The summed E-state index contributed by atoms with van der Waals surface area (Å²) in [5.74, 6) is 0.0741. The Morgan fingerprint density at radius 1 is 1.36 bits per heavy atom. The number of thiocarbonyl (C=S) groups is 1. The second kappa shape index (κ2) is 7.65. The molecule has 3 aromatic rings. The Bertz CT molecular complexity index is 977. The highest BCUT2D eigenvalue weighted by atomic mass is 79.9. The number of hydrogen-bond donors (Lipinski definition) is 2. The van der Waals surface area contributed by atoms with E-state index in [4.69, 9.17) is 28.6 Å². The molecule has 0 atom stereocenters. The number of para-hydroxylation sites is 1. The fraction of sp³-hybridized carbons (Fsp3) is 0.0625. The topological polar surface area (TPSA) is 63.2 Å². The summed E-state index contributed by atoms with van der Waals surface area (Å²) in [5, 5.41) is 6.78. The fourth-order valence-electron chi connectivity index (χ4n) is 2.12. The van der Waals surface area contributed by atoms with Crippen molar-refractivity contribution in [3.63, 3.8) is 0 Å². The molecule has 3 rings (SSSR count). The Balaban J connectivity index is 1.74. The Kier molecular flexibility index (Phi) is 5.53. The summed E-state index contributed by atoms with van der Waals surface area (Å²) in [6.07, 6.45) is 0. The van der Waals surface area contributed by atoms with Gasteiger partial charge >= 0.3 is 0 Å². The van der Waals surface area contributed by atoms with Crippen LogP contribution in [0.2, 0.25) is 5.02 Å². The molecular weight excluding hydrogens is 446 g/mol. The summed E-state index contributed by atoms with van der Waals surface area (Å²) in [7, 11) is 1.50. The third-order valence-corrected chi connectivity index (χ3v) is 5.16. The predicted octanol–water partition coefficient (Wildman–Crippen LogP) is 4.85. The summed E-state index contributed by atoms with van der Waals surface area (Å²) in [6, 6.07) is 10.7. The first-order valence-corrected chi connectivity index (χ1v) is 9.38. The Morgan fingerprint density at radius 2 is 2.16 bits per heavy atom. The van der Waals surface area contributed by atoms with Crippen LogP contribution in [-0.2, 0) is 0 Å². The van der Waals surface area contributed by atoms with E-state index in [-0.39, 0.29) is 11.0 Å². The van der Waals surface area contributed by atoms with Crippen LogP contribution in [0.4, 0.5) is 5.13 Å². The summed E-state index contributed by atoms with van der Waals surface area (Å²) in [6.45, 7) is 0. The molecule has 1 amide bonds. The van der Waals surface area contributed by atoms with E-state index in [0.29, 0.717) is 27.0 Å². The highest BCUT2D eigenvalue weighted by Gasteiger charge is 2.15. The molecule has 1 heterocycles. The molecule has 5 nitrogen and oxygen atoms in total. The van der Waals surface area contributed by atoms with E-state index in [1.54, 1.807) is 24.3 Å². The van der Waals surface area contributed by atoms with Gasteiger partial charge in [0.15, 0.2) is 10.2 Å². The number of benzene rings is 2. The van der Waals surface area contributed by atoms with Crippen LogP contribution in [0.5, 0.6) is 5.75 Å². The summed E-state index contributed by atoms with van der Waals surface area (Å²) in [5.41, 5.74) is 1.06. The fourth-order valence-corrected chi connectivity index (χ4v) is 3.91. The van der Waals surface area contributed by atoms with E-state index in [9.17, 15) is 4.79 Å². The number of halogens is 2. The van der Waals surface area contributed by atoms with Crippen molar-refractivity contribution >= 4 is 77.5 Å². The smallest absolute Gasteiger partial charge is 0.261 e. The number of aromatic nitrogens is 1. The van der Waals surface area contributed by atoms with Gasteiger partial charge in [-0.1, -0.05) is 44.9 Å². The van der Waals surface area contributed by atoms with Crippen molar-refractivity contribution in [2.75, 3.05) is 12.4 Å². The van der Waals surface area contributed by atoms with Crippen molar-refractivity contribution in [3.05, 3.63) is 51.5 Å². The van der Waals surface area contributed by atoms with Gasteiger partial charge in [-0.15, -0.1) is 0 Å². The van der Waals surface area contributed by atoms with Gasteiger partial charge in [0.05, 0.1) is 22.4 Å². The molecule has 128 valence electrons. The normalized spacial score (nSPS) is 10.5. The predicted molar refractivity (Wildman–Crippen MR) is 109 cm³/mol. The molecule has 2 aromatic carbocycles. The van der Waals surface area contributed by atoms with Gasteiger partial charge in [0, 0.05) is 4.47 Å². The van der Waals surface area contributed by atoms with E-state index in [2.05, 4.69) is 31.5 Å². The van der Waals surface area contributed by atoms with Gasteiger partial charge in [-0.25, -0.2) is 4.98 Å². The lowest BCUT2D eigenvalue weighted by Gasteiger charge is -2.10. The van der Waals surface area contributed by atoms with E-state index < -0.39 is 0 Å². The molecule has 9 heteroatoms. The van der Waals surface area contributed by atoms with Crippen LogP contribution in [0, 0.1) is 0 Å². The highest BCUT2D eigenvalue weighted by Crippen LogP contribution is 2.30. The minimum atomic E-state index is -0.380. The van der Waals surface area contributed by atoms with Crippen LogP contribution in [0.1, 0.15) is 10.4 Å². The van der Waals surface area contributed by atoms with Crippen LogP contribution in [0.3, 0.4) is 0 Å². The first-order valence-electron chi connectivity index (χ1n) is 6.99. The van der Waals surface area contributed by atoms with E-state index in [0.717, 1.165) is 9.17 Å². The number of hydrogen-bond acceptors (Lipinski definition) is 5. The third kappa shape index (κ3) is 4.09. The third-order valence-electron chi connectivity index (χ3n) is 3.22. The van der Waals surface area contributed by atoms with Crippen molar-refractivity contribution in [1.82, 2.24) is 10.3 Å². The van der Waals surface area contributed by atoms with Crippen LogP contribution in [-0.4, -0.2) is 23.1 Å². The number of carbonyl (C=O) groups excluding carboxylic acids is 1. The van der Waals surface area contributed by atoms with Gasteiger partial charge in [-0.2, -0.15) is 0 Å². The monoisotopic (exact) mass is 455 g/mol. The van der Waals surface area contributed by atoms with Crippen molar-refractivity contribution in [1.29, 1.82) is 0 Å². The molecule has 25 heavy (non-hydrogen) atoms. The quantitative estimate of drug-likeness (QED) is 0.552. The minimum Gasteiger partial charge on any atom is -0.496 e. The number of methoxy groups -OCH3 is 1. The molecule has 2 N–H and O–H groups in total. The van der Waals surface area contributed by atoms with E-state index in [1.807, 2.05) is 12.1 Å². The zero-order valence-corrected chi connectivity index (χ0v) is 16.8. The first-order chi connectivity index (χ1) is 12.0. The lowest BCUT2D eigenvalue weighted by atomic mass is 10.2. The number of amides is 1. The Labute approximate surface area is 166 Å². The maximum absolute atomic E-state index is 12.4. The maximum Gasteiger partial charge on any atom is 0.261 e. The molecule has 0 spiro atoms. The first kappa shape index (κ1) is 18.1. The molecule has 0 saturated carbocycles. The average molecular weight is 457 g/mol. The number of carbonyl (C=O) groups is 1. The molecular formula is C16H11BrClN3O2S2. The van der Waals surface area contributed by atoms with E-state index in [1.165, 1.54) is 18.4 Å². The molecule has 0 aliphatic carbocycles. The Hall–Kier alpha value is -1.74. The summed E-state index contributed by atoms with van der Waals surface area (Å²) >= 11 is 16.0. The van der Waals surface area contributed by atoms with Gasteiger partial charge in [0.1, 0.15) is 11.3 Å². The molecule has 0 aliphatic heterocycles. The number of thiazole rings is 1. The van der Waals surface area contributed by atoms with Crippen molar-refractivity contribution in [2.24, 2.45) is 0 Å². The lowest BCUT2D eigenvalue weighted by Crippen LogP contribution is -2.34. The molecule has 0 unspecified atom stereocenters. The van der Waals surface area contributed by atoms with Crippen molar-refractivity contribution in [3.8, 4) is 5.75 Å². The van der Waals surface area contributed by atoms with Crippen molar-refractivity contribution in [2.45, 2.75) is 0 Å². The molecule has 0 fully saturated rings. The number of fused-ring (bicyclic) bond motifs is 1. The molecule has 0 aliphatic rings. The SMILES string of the molecule is COc1ccc(Br)cc1C(=O)NC(=S)Nc1nc2c(Cl)cccc2s1. The number of nitrogens with one attached hydrogen (secondary N) is 2. The maximum atomic E-state index is 12.4. The minimum absolute atomic E-state index is 0.141. The zero-order chi connectivity index (χ0) is 18.0. The number of ether oxygens (including phenoxy) is 1. The molecule has 1 aromatic heterocycles. The van der Waals surface area contributed by atoms with Gasteiger partial charge in [-0.3, -0.25) is 10.1 Å². The average Bonchev–Trinajstić information content (AvgIpc) is 2.98. The van der Waals surface area contributed by atoms with Crippen LogP contribution in [0.25, 0.3) is 10.2 Å². The van der Waals surface area contributed by atoms with E-state index >= 15 is 0 Å². The standard InChI is InChI=1S/C16H11BrClN3O2S2/c1-23-11-6-5-8(17)7-9(11)14(22)20-15(24)21-16-19-13-10(18)3-2-4-12(13)25-16/h2-7H,1H3,(H2,19,20,21,22,24). The van der Waals surface area contributed by atoms with Gasteiger partial charge in [0.25, 0.3) is 5.91 Å².